The number of rotatable bonds is 4. The van der Waals surface area contributed by atoms with Crippen molar-refractivity contribution in [3.8, 4) is 0 Å². The minimum absolute atomic E-state index is 0.0673. The lowest BCUT2D eigenvalue weighted by atomic mass is 10.0. The Morgan fingerprint density at radius 2 is 1.71 bits per heavy atom. The lowest BCUT2D eigenvalue weighted by molar-refractivity contribution is 0.629. The highest BCUT2D eigenvalue weighted by Crippen LogP contribution is 2.32. The van der Waals surface area contributed by atoms with E-state index in [0.29, 0.717) is 17.3 Å². The number of anilines is 3. The number of nitrogen functional groups attached to an aromatic ring is 1. The molecule has 4 N–H and O–H groups in total. The van der Waals surface area contributed by atoms with E-state index in [-0.39, 0.29) is 16.0 Å². The zero-order valence-electron chi connectivity index (χ0n) is 11.4. The van der Waals surface area contributed by atoms with Gasteiger partial charge in [0.2, 0.25) is 0 Å². The Kier molecular flexibility index (Phi) is 4.82. The molecule has 1 heterocycles. The van der Waals surface area contributed by atoms with Crippen LogP contribution in [-0.4, -0.2) is 9.97 Å². The summed E-state index contributed by atoms with van der Waals surface area (Å²) >= 11 is 11.6. The van der Waals surface area contributed by atoms with Crippen molar-refractivity contribution < 1.29 is 4.39 Å². The summed E-state index contributed by atoms with van der Waals surface area (Å²) in [4.78, 5) is 8.26. The Morgan fingerprint density at radius 1 is 1.14 bits per heavy atom. The standard InChI is InChI=1S/C13H14Cl2FN5/c1-6(2)10-12(18-5-19-13(10)21-17)20-7-3-8(14)11(16)9(15)4-7/h3-6H,17H2,1-2H3,(H2,18,19,20,21). The van der Waals surface area contributed by atoms with Gasteiger partial charge in [-0.1, -0.05) is 37.0 Å². The largest absolute Gasteiger partial charge is 0.340 e. The molecular weight excluding hydrogens is 316 g/mol. The van der Waals surface area contributed by atoms with Crippen LogP contribution in [0.15, 0.2) is 18.5 Å². The van der Waals surface area contributed by atoms with Gasteiger partial charge < -0.3 is 10.7 Å². The smallest absolute Gasteiger partial charge is 0.160 e. The first-order valence-corrected chi connectivity index (χ1v) is 6.92. The molecule has 0 unspecified atom stereocenters. The van der Waals surface area contributed by atoms with Gasteiger partial charge in [-0.3, -0.25) is 0 Å². The molecule has 0 aliphatic rings. The van der Waals surface area contributed by atoms with Crippen LogP contribution >= 0.6 is 23.2 Å². The summed E-state index contributed by atoms with van der Waals surface area (Å²) in [6.07, 6.45) is 1.37. The third kappa shape index (κ3) is 3.34. The number of nitrogens with zero attached hydrogens (tertiary/aromatic N) is 2. The third-order valence-electron chi connectivity index (χ3n) is 2.84. The second kappa shape index (κ2) is 6.43. The van der Waals surface area contributed by atoms with Gasteiger partial charge in [-0.05, 0) is 18.1 Å². The third-order valence-corrected chi connectivity index (χ3v) is 3.39. The second-order valence-corrected chi connectivity index (χ2v) is 5.48. The molecule has 0 saturated carbocycles. The number of hydrogen-bond acceptors (Lipinski definition) is 5. The maximum atomic E-state index is 13.4. The summed E-state index contributed by atoms with van der Waals surface area (Å²) in [5.74, 6) is 5.99. The number of aromatic nitrogens is 2. The maximum Gasteiger partial charge on any atom is 0.160 e. The van der Waals surface area contributed by atoms with Crippen molar-refractivity contribution in [1.29, 1.82) is 0 Å². The van der Waals surface area contributed by atoms with Crippen molar-refractivity contribution in [3.05, 3.63) is 39.9 Å². The molecule has 5 nitrogen and oxygen atoms in total. The molecule has 112 valence electrons. The minimum Gasteiger partial charge on any atom is -0.340 e. The van der Waals surface area contributed by atoms with E-state index in [1.807, 2.05) is 13.8 Å². The molecule has 0 aliphatic heterocycles. The Morgan fingerprint density at radius 3 is 2.24 bits per heavy atom. The highest BCUT2D eigenvalue weighted by molar-refractivity contribution is 6.35. The zero-order valence-corrected chi connectivity index (χ0v) is 12.9. The average Bonchev–Trinajstić information content (AvgIpc) is 2.44. The predicted molar refractivity (Wildman–Crippen MR) is 83.6 cm³/mol. The molecule has 0 radical (unpaired) electrons. The number of hydrogen-bond donors (Lipinski definition) is 3. The minimum atomic E-state index is -0.653. The first-order chi connectivity index (χ1) is 9.93. The molecule has 0 amide bonds. The molecule has 0 saturated heterocycles. The van der Waals surface area contributed by atoms with Crippen molar-refractivity contribution in [3.63, 3.8) is 0 Å². The molecule has 0 bridgehead atoms. The Bertz CT molecular complexity index is 640. The van der Waals surface area contributed by atoms with Gasteiger partial charge in [-0.25, -0.2) is 20.2 Å². The Hall–Kier alpha value is -1.63. The van der Waals surface area contributed by atoms with Gasteiger partial charge in [0.1, 0.15) is 18.0 Å². The Balaban J connectivity index is 2.44. The fourth-order valence-corrected chi connectivity index (χ4v) is 2.41. The molecule has 0 fully saturated rings. The van der Waals surface area contributed by atoms with E-state index < -0.39 is 5.82 Å². The first-order valence-electron chi connectivity index (χ1n) is 6.17. The summed E-state index contributed by atoms with van der Waals surface area (Å²) in [7, 11) is 0. The molecule has 1 aromatic carbocycles. The van der Waals surface area contributed by atoms with Gasteiger partial charge in [-0.2, -0.15) is 0 Å². The van der Waals surface area contributed by atoms with E-state index in [1.54, 1.807) is 0 Å². The van der Waals surface area contributed by atoms with Crippen LogP contribution in [0, 0.1) is 5.82 Å². The number of nitrogens with one attached hydrogen (secondary N) is 2. The van der Waals surface area contributed by atoms with Gasteiger partial charge in [0, 0.05) is 11.3 Å². The fourth-order valence-electron chi connectivity index (χ4n) is 1.92. The summed E-state index contributed by atoms with van der Waals surface area (Å²) in [5, 5.41) is 2.92. The number of nitrogens with two attached hydrogens (primary N) is 1. The molecule has 0 aliphatic carbocycles. The van der Waals surface area contributed by atoms with Gasteiger partial charge in [0.05, 0.1) is 10.0 Å². The summed E-state index contributed by atoms with van der Waals surface area (Å²) in [6, 6.07) is 2.87. The summed E-state index contributed by atoms with van der Waals surface area (Å²) in [5.41, 5.74) is 3.86. The lowest BCUT2D eigenvalue weighted by Crippen LogP contribution is -2.14. The van der Waals surface area contributed by atoms with E-state index in [1.165, 1.54) is 18.5 Å². The lowest BCUT2D eigenvalue weighted by Gasteiger charge is -2.16. The first kappa shape index (κ1) is 15.8. The van der Waals surface area contributed by atoms with Crippen LogP contribution < -0.4 is 16.6 Å². The quantitative estimate of drug-likeness (QED) is 0.447. The van der Waals surface area contributed by atoms with Crippen LogP contribution in [-0.2, 0) is 0 Å². The summed E-state index contributed by atoms with van der Waals surface area (Å²) in [6.45, 7) is 3.96. The van der Waals surface area contributed by atoms with E-state index in [4.69, 9.17) is 29.0 Å². The van der Waals surface area contributed by atoms with E-state index >= 15 is 0 Å². The predicted octanol–water partition coefficient (Wildman–Crippen LogP) is 4.08. The SMILES string of the molecule is CC(C)c1c(NN)ncnc1Nc1cc(Cl)c(F)c(Cl)c1. The van der Waals surface area contributed by atoms with Crippen molar-refractivity contribution in [2.45, 2.75) is 19.8 Å². The van der Waals surface area contributed by atoms with Crippen LogP contribution in [0.3, 0.4) is 0 Å². The average molecular weight is 330 g/mol. The van der Waals surface area contributed by atoms with Crippen LogP contribution in [0.2, 0.25) is 10.0 Å². The normalized spacial score (nSPS) is 10.8. The van der Waals surface area contributed by atoms with Crippen molar-refractivity contribution >= 4 is 40.5 Å². The van der Waals surface area contributed by atoms with Gasteiger partial charge in [-0.15, -0.1) is 0 Å². The van der Waals surface area contributed by atoms with E-state index in [9.17, 15) is 4.39 Å². The molecule has 0 spiro atoms. The van der Waals surface area contributed by atoms with Crippen LogP contribution in [0.25, 0.3) is 0 Å². The van der Waals surface area contributed by atoms with E-state index in [2.05, 4.69) is 20.7 Å². The molecule has 2 aromatic rings. The van der Waals surface area contributed by atoms with Crippen LogP contribution in [0.5, 0.6) is 0 Å². The molecule has 21 heavy (non-hydrogen) atoms. The van der Waals surface area contributed by atoms with Crippen molar-refractivity contribution in [1.82, 2.24) is 9.97 Å². The molecular formula is C13H14Cl2FN5. The topological polar surface area (TPSA) is 75.9 Å². The van der Waals surface area contributed by atoms with Crippen molar-refractivity contribution in [2.24, 2.45) is 5.84 Å². The maximum absolute atomic E-state index is 13.4. The molecule has 1 aromatic heterocycles. The monoisotopic (exact) mass is 329 g/mol. The highest BCUT2D eigenvalue weighted by Gasteiger charge is 2.15. The zero-order chi connectivity index (χ0) is 15.6. The van der Waals surface area contributed by atoms with Gasteiger partial charge >= 0.3 is 0 Å². The number of benzene rings is 1. The van der Waals surface area contributed by atoms with Crippen molar-refractivity contribution in [2.75, 3.05) is 10.7 Å². The Labute approximate surface area is 131 Å². The molecule has 2 rings (SSSR count). The molecule has 0 atom stereocenters. The van der Waals surface area contributed by atoms with Crippen LogP contribution in [0.1, 0.15) is 25.3 Å². The number of halogens is 3. The highest BCUT2D eigenvalue weighted by atomic mass is 35.5. The number of hydrazine groups is 1. The second-order valence-electron chi connectivity index (χ2n) is 4.66. The molecule has 8 heteroatoms. The van der Waals surface area contributed by atoms with Crippen LogP contribution in [0.4, 0.5) is 21.7 Å². The fraction of sp³-hybridized carbons (Fsp3) is 0.231. The van der Waals surface area contributed by atoms with E-state index in [0.717, 1.165) is 5.56 Å². The van der Waals surface area contributed by atoms with Gasteiger partial charge in [0.15, 0.2) is 5.82 Å². The summed E-state index contributed by atoms with van der Waals surface area (Å²) < 4.78 is 13.4. The van der Waals surface area contributed by atoms with Gasteiger partial charge in [0.25, 0.3) is 0 Å².